The first-order chi connectivity index (χ1) is 8.53. The number of hydrogen-bond acceptors (Lipinski definition) is 5. The molecule has 0 bridgehead atoms. The lowest BCUT2D eigenvalue weighted by atomic mass is 10.2. The zero-order valence-corrected chi connectivity index (χ0v) is 11.9. The maximum Gasteiger partial charge on any atom is 0.260 e. The van der Waals surface area contributed by atoms with E-state index in [0.29, 0.717) is 12.3 Å². The summed E-state index contributed by atoms with van der Waals surface area (Å²) in [6.45, 7) is 0.737. The van der Waals surface area contributed by atoms with E-state index in [-0.39, 0.29) is 23.3 Å². The highest BCUT2D eigenvalue weighted by atomic mass is 32.2. The van der Waals surface area contributed by atoms with Crippen LogP contribution in [0.1, 0.15) is 25.7 Å². The van der Waals surface area contributed by atoms with E-state index in [1.165, 1.54) is 0 Å². The normalized spacial score (nSPS) is 17.3. The third kappa shape index (κ3) is 6.32. The number of aliphatic hydroxyl groups excluding tert-OH is 1. The van der Waals surface area contributed by atoms with Crippen molar-refractivity contribution in [3.8, 4) is 0 Å². The predicted octanol–water partition coefficient (Wildman–Crippen LogP) is 0.743. The molecule has 0 fully saturated rings. The van der Waals surface area contributed by atoms with Crippen LogP contribution in [-0.2, 0) is 14.6 Å². The van der Waals surface area contributed by atoms with E-state index >= 15 is 0 Å². The highest BCUT2D eigenvalue weighted by Crippen LogP contribution is 2.08. The fraction of sp³-hybridized carbons (Fsp3) is 0.727. The van der Waals surface area contributed by atoms with Gasteiger partial charge in [-0.05, 0) is 37.6 Å². The molecule has 1 rings (SSSR count). The molecule has 1 aliphatic heterocycles. The molecule has 0 aromatic heterocycles. The summed E-state index contributed by atoms with van der Waals surface area (Å²) in [4.78, 5) is 0. The Labute approximate surface area is 113 Å². The summed E-state index contributed by atoms with van der Waals surface area (Å²) < 4.78 is 27.6. The zero-order valence-electron chi connectivity index (χ0n) is 10.2. The molecule has 0 radical (unpaired) electrons. The van der Waals surface area contributed by atoms with Crippen molar-refractivity contribution in [3.63, 3.8) is 0 Å². The van der Waals surface area contributed by atoms with E-state index in [9.17, 15) is 8.42 Å². The van der Waals surface area contributed by atoms with Gasteiger partial charge in [-0.25, -0.2) is 8.42 Å². The number of nitrogens with one attached hydrogen (secondary N) is 1. The zero-order chi connectivity index (χ0) is 13.4. The van der Waals surface area contributed by atoms with Crippen LogP contribution in [0.15, 0.2) is 11.8 Å². The summed E-state index contributed by atoms with van der Waals surface area (Å²) in [5.74, 6) is 0.0755. The summed E-state index contributed by atoms with van der Waals surface area (Å²) in [7, 11) is -2.97. The Morgan fingerprint density at radius 1 is 1.39 bits per heavy atom. The lowest BCUT2D eigenvalue weighted by molar-refractivity contribution is 0.269. The average Bonchev–Trinajstić information content (AvgIpc) is 2.63. The molecule has 5 nitrogen and oxygen atoms in total. The second kappa shape index (κ2) is 7.70. The van der Waals surface area contributed by atoms with Crippen molar-refractivity contribution in [2.45, 2.75) is 25.7 Å². The molecule has 0 aliphatic carbocycles. The number of ether oxygens (including phenoxy) is 1. The molecule has 0 spiro atoms. The second-order valence-electron chi connectivity index (χ2n) is 4.18. The van der Waals surface area contributed by atoms with Crippen molar-refractivity contribution in [3.05, 3.63) is 11.8 Å². The molecule has 2 N–H and O–H groups in total. The topological polar surface area (TPSA) is 75.6 Å². The first-order valence-electron chi connectivity index (χ1n) is 5.97. The van der Waals surface area contributed by atoms with Crippen LogP contribution in [-0.4, -0.2) is 43.4 Å². The van der Waals surface area contributed by atoms with Crippen LogP contribution < -0.4 is 5.32 Å². The molecule has 1 heterocycles. The standard InChI is InChI=1S/C11H19NO4S2/c13-6-3-1-2-4-7-16-11(17)12-10-5-8-18(14,15)9-10/h5,13H,1-4,6-9H2,(H,12,17). The minimum Gasteiger partial charge on any atom is -0.471 e. The van der Waals surface area contributed by atoms with E-state index in [0.717, 1.165) is 25.7 Å². The van der Waals surface area contributed by atoms with E-state index in [1.807, 2.05) is 0 Å². The van der Waals surface area contributed by atoms with Gasteiger partial charge in [0, 0.05) is 12.3 Å². The third-order valence-corrected chi connectivity index (χ3v) is 4.15. The molecule has 0 saturated carbocycles. The van der Waals surface area contributed by atoms with E-state index in [1.54, 1.807) is 6.08 Å². The lowest BCUT2D eigenvalue weighted by Gasteiger charge is -2.09. The summed E-state index contributed by atoms with van der Waals surface area (Å²) in [6.07, 6.45) is 5.27. The first-order valence-corrected chi connectivity index (χ1v) is 8.20. The van der Waals surface area contributed by atoms with Crippen LogP contribution in [0, 0.1) is 0 Å². The van der Waals surface area contributed by atoms with E-state index < -0.39 is 9.84 Å². The van der Waals surface area contributed by atoms with E-state index in [4.69, 9.17) is 22.1 Å². The Morgan fingerprint density at radius 3 is 2.72 bits per heavy atom. The van der Waals surface area contributed by atoms with Crippen molar-refractivity contribution in [2.75, 3.05) is 24.7 Å². The molecule has 7 heteroatoms. The Kier molecular flexibility index (Phi) is 6.59. The molecule has 0 amide bonds. The van der Waals surface area contributed by atoms with Gasteiger partial charge < -0.3 is 15.2 Å². The van der Waals surface area contributed by atoms with Crippen LogP contribution in [0.2, 0.25) is 0 Å². The average molecular weight is 293 g/mol. The third-order valence-electron chi connectivity index (χ3n) is 2.51. The molecule has 0 unspecified atom stereocenters. The van der Waals surface area contributed by atoms with E-state index in [2.05, 4.69) is 5.32 Å². The Bertz CT molecular complexity index is 403. The van der Waals surface area contributed by atoms with Crippen molar-refractivity contribution in [1.29, 1.82) is 0 Å². The number of sulfone groups is 1. The van der Waals surface area contributed by atoms with Gasteiger partial charge in [0.1, 0.15) is 0 Å². The van der Waals surface area contributed by atoms with Gasteiger partial charge in [0.2, 0.25) is 0 Å². The summed E-state index contributed by atoms with van der Waals surface area (Å²) >= 11 is 4.96. The Morgan fingerprint density at radius 2 is 2.11 bits per heavy atom. The molecule has 0 aromatic carbocycles. The number of aliphatic hydroxyl groups is 1. The fourth-order valence-electron chi connectivity index (χ4n) is 1.57. The molecule has 104 valence electrons. The monoisotopic (exact) mass is 293 g/mol. The van der Waals surface area contributed by atoms with Crippen molar-refractivity contribution >= 4 is 27.2 Å². The van der Waals surface area contributed by atoms with Crippen molar-refractivity contribution < 1.29 is 18.3 Å². The molecular formula is C11H19NO4S2. The van der Waals surface area contributed by atoms with Crippen LogP contribution in [0.25, 0.3) is 0 Å². The van der Waals surface area contributed by atoms with Crippen LogP contribution >= 0.6 is 12.2 Å². The van der Waals surface area contributed by atoms with Gasteiger partial charge in [-0.3, -0.25) is 0 Å². The van der Waals surface area contributed by atoms with Crippen molar-refractivity contribution in [1.82, 2.24) is 5.32 Å². The molecule has 18 heavy (non-hydrogen) atoms. The number of rotatable bonds is 7. The van der Waals surface area contributed by atoms with Crippen LogP contribution in [0.3, 0.4) is 0 Å². The number of hydrogen-bond donors (Lipinski definition) is 2. The molecular weight excluding hydrogens is 274 g/mol. The van der Waals surface area contributed by atoms with Gasteiger partial charge in [0.05, 0.1) is 18.1 Å². The highest BCUT2D eigenvalue weighted by molar-refractivity contribution is 7.92. The van der Waals surface area contributed by atoms with Crippen molar-refractivity contribution in [2.24, 2.45) is 0 Å². The van der Waals surface area contributed by atoms with Gasteiger partial charge >= 0.3 is 0 Å². The molecule has 0 atom stereocenters. The Hall–Kier alpha value is -0.660. The molecule has 1 aliphatic rings. The summed E-state index contributed by atoms with van der Waals surface area (Å²) in [5, 5.41) is 11.6. The van der Waals surface area contributed by atoms with Gasteiger partial charge in [0.15, 0.2) is 9.84 Å². The lowest BCUT2D eigenvalue weighted by Crippen LogP contribution is -2.25. The van der Waals surface area contributed by atoms with Crippen LogP contribution in [0.5, 0.6) is 0 Å². The van der Waals surface area contributed by atoms with Gasteiger partial charge in [0.25, 0.3) is 5.17 Å². The quantitative estimate of drug-likeness (QED) is 0.533. The van der Waals surface area contributed by atoms with Crippen LogP contribution in [0.4, 0.5) is 0 Å². The summed E-state index contributed by atoms with van der Waals surface area (Å²) in [6, 6.07) is 0. The van der Waals surface area contributed by atoms with Gasteiger partial charge in [-0.1, -0.05) is 6.42 Å². The maximum absolute atomic E-state index is 11.2. The minimum absolute atomic E-state index is 0.00694. The SMILES string of the molecule is O=S1(=O)CC=C(NC(=S)OCCCCCCO)C1. The second-order valence-corrected chi connectivity index (χ2v) is 6.66. The number of unbranched alkanes of at least 4 members (excludes halogenated alkanes) is 3. The summed E-state index contributed by atoms with van der Waals surface area (Å²) in [5.41, 5.74) is 0.597. The minimum atomic E-state index is -2.97. The van der Waals surface area contributed by atoms with Gasteiger partial charge in [-0.2, -0.15) is 0 Å². The Balaban J connectivity index is 2.08. The number of thiocarbonyl (C=S) groups is 1. The largest absolute Gasteiger partial charge is 0.471 e. The fourth-order valence-corrected chi connectivity index (χ4v) is 3.02. The molecule has 0 aromatic rings. The smallest absolute Gasteiger partial charge is 0.260 e. The first kappa shape index (κ1) is 15.4. The van der Waals surface area contributed by atoms with Gasteiger partial charge in [-0.15, -0.1) is 0 Å². The predicted molar refractivity (Wildman–Crippen MR) is 74.0 cm³/mol. The maximum atomic E-state index is 11.2. The molecule has 0 saturated heterocycles. The highest BCUT2D eigenvalue weighted by Gasteiger charge is 2.20.